The highest BCUT2D eigenvalue weighted by Crippen LogP contribution is 2.31. The van der Waals surface area contributed by atoms with Crippen molar-refractivity contribution in [3.05, 3.63) is 54.6 Å². The van der Waals surface area contributed by atoms with Crippen molar-refractivity contribution in [2.45, 2.75) is 12.5 Å². The second-order valence-corrected chi connectivity index (χ2v) is 6.94. The highest BCUT2D eigenvalue weighted by molar-refractivity contribution is 9.11. The minimum Gasteiger partial charge on any atom is -0.387 e. The minimum absolute atomic E-state index is 0.465. The van der Waals surface area contributed by atoms with Crippen LogP contribution < -0.4 is 0 Å². The average molecular weight is 352 g/mol. The maximum atomic E-state index is 10.1. The predicted molar refractivity (Wildman–Crippen MR) is 77.1 cm³/mol. The molecule has 0 saturated carbocycles. The molecule has 0 bridgehead atoms. The molecule has 2 rings (SSSR count). The molecule has 0 amide bonds. The summed E-state index contributed by atoms with van der Waals surface area (Å²) in [6.07, 6.45) is -0.0888. The molecular weight excluding hydrogens is 343 g/mol. The van der Waals surface area contributed by atoms with Gasteiger partial charge in [-0.05, 0) is 51.8 Å². The van der Waals surface area contributed by atoms with Crippen molar-refractivity contribution in [3.8, 4) is 0 Å². The SMILES string of the molecule is OC(Cc1cc(Cl)ccc1Cl)c1ccc(Br)s1. The number of rotatable bonds is 3. The zero-order valence-corrected chi connectivity index (χ0v) is 12.6. The van der Waals surface area contributed by atoms with Crippen molar-refractivity contribution in [2.75, 3.05) is 0 Å². The molecule has 1 nitrogen and oxygen atoms in total. The van der Waals surface area contributed by atoms with Crippen LogP contribution in [-0.4, -0.2) is 5.11 Å². The fourth-order valence-corrected chi connectivity index (χ4v) is 3.32. The molecule has 0 saturated heterocycles. The Morgan fingerprint density at radius 1 is 1.24 bits per heavy atom. The molecule has 0 radical (unpaired) electrons. The van der Waals surface area contributed by atoms with Gasteiger partial charge in [0.05, 0.1) is 9.89 Å². The molecule has 1 heterocycles. The van der Waals surface area contributed by atoms with Crippen LogP contribution in [0.15, 0.2) is 34.1 Å². The average Bonchev–Trinajstić information content (AvgIpc) is 2.70. The van der Waals surface area contributed by atoms with Crippen LogP contribution in [0.25, 0.3) is 0 Å². The lowest BCUT2D eigenvalue weighted by Crippen LogP contribution is -2.00. The first-order valence-electron chi connectivity index (χ1n) is 4.93. The van der Waals surface area contributed by atoms with Gasteiger partial charge in [0, 0.05) is 21.3 Å². The summed E-state index contributed by atoms with van der Waals surface area (Å²) in [4.78, 5) is 0.910. The molecule has 0 fully saturated rings. The number of halogens is 3. The van der Waals surface area contributed by atoms with Gasteiger partial charge in [-0.1, -0.05) is 23.2 Å². The first kappa shape index (κ1) is 13.4. The van der Waals surface area contributed by atoms with Crippen molar-refractivity contribution < 1.29 is 5.11 Å². The molecule has 0 aliphatic heterocycles. The molecule has 0 spiro atoms. The zero-order valence-electron chi connectivity index (χ0n) is 8.66. The normalized spacial score (nSPS) is 12.7. The van der Waals surface area contributed by atoms with Crippen molar-refractivity contribution >= 4 is 50.5 Å². The monoisotopic (exact) mass is 350 g/mol. The minimum atomic E-state index is -0.553. The number of thiophene rings is 1. The summed E-state index contributed by atoms with van der Waals surface area (Å²) in [5.74, 6) is 0. The molecule has 1 unspecified atom stereocenters. The van der Waals surface area contributed by atoms with Crippen LogP contribution in [0.4, 0.5) is 0 Å². The molecule has 0 aliphatic rings. The predicted octanol–water partition coefficient (Wildman–Crippen LogP) is 5.09. The number of hydrogen-bond donors (Lipinski definition) is 1. The van der Waals surface area contributed by atoms with Crippen molar-refractivity contribution in [2.24, 2.45) is 0 Å². The second-order valence-electron chi connectivity index (χ2n) is 3.60. The Bertz CT molecular complexity index is 527. The van der Waals surface area contributed by atoms with E-state index in [1.807, 2.05) is 12.1 Å². The van der Waals surface area contributed by atoms with Gasteiger partial charge in [-0.2, -0.15) is 0 Å². The van der Waals surface area contributed by atoms with Crippen molar-refractivity contribution in [1.82, 2.24) is 0 Å². The van der Waals surface area contributed by atoms with E-state index in [4.69, 9.17) is 23.2 Å². The molecule has 1 aromatic carbocycles. The van der Waals surface area contributed by atoms with Crippen LogP contribution in [0, 0.1) is 0 Å². The van der Waals surface area contributed by atoms with Crippen LogP contribution in [0.1, 0.15) is 16.5 Å². The third-order valence-corrected chi connectivity index (χ3v) is 4.67. The van der Waals surface area contributed by atoms with Crippen LogP contribution in [0.2, 0.25) is 10.0 Å². The molecule has 5 heteroatoms. The van der Waals surface area contributed by atoms with Gasteiger partial charge >= 0.3 is 0 Å². The number of aliphatic hydroxyl groups excluding tert-OH is 1. The van der Waals surface area contributed by atoms with Gasteiger partial charge in [-0.3, -0.25) is 0 Å². The highest BCUT2D eigenvalue weighted by atomic mass is 79.9. The quantitative estimate of drug-likeness (QED) is 0.816. The van der Waals surface area contributed by atoms with E-state index in [-0.39, 0.29) is 0 Å². The van der Waals surface area contributed by atoms with E-state index in [0.29, 0.717) is 16.5 Å². The summed E-state index contributed by atoms with van der Waals surface area (Å²) in [6.45, 7) is 0. The Kier molecular flexibility index (Phi) is 4.50. The van der Waals surface area contributed by atoms with Crippen LogP contribution >= 0.6 is 50.5 Å². The first-order valence-corrected chi connectivity index (χ1v) is 7.30. The van der Waals surface area contributed by atoms with E-state index in [1.54, 1.807) is 18.2 Å². The molecule has 1 atom stereocenters. The Labute approximate surface area is 122 Å². The lowest BCUT2D eigenvalue weighted by atomic mass is 10.1. The Balaban J connectivity index is 2.18. The molecule has 17 heavy (non-hydrogen) atoms. The largest absolute Gasteiger partial charge is 0.387 e. The Morgan fingerprint density at radius 2 is 2.00 bits per heavy atom. The smallest absolute Gasteiger partial charge is 0.0923 e. The lowest BCUT2D eigenvalue weighted by molar-refractivity contribution is 0.182. The van der Waals surface area contributed by atoms with Crippen LogP contribution in [0.3, 0.4) is 0 Å². The summed E-state index contributed by atoms with van der Waals surface area (Å²) in [7, 11) is 0. The van der Waals surface area contributed by atoms with Gasteiger partial charge in [0.25, 0.3) is 0 Å². The summed E-state index contributed by atoms with van der Waals surface area (Å²) < 4.78 is 1.00. The third kappa shape index (κ3) is 3.46. The van der Waals surface area contributed by atoms with Gasteiger partial charge in [0.2, 0.25) is 0 Å². The maximum absolute atomic E-state index is 10.1. The number of hydrogen-bond acceptors (Lipinski definition) is 2. The lowest BCUT2D eigenvalue weighted by Gasteiger charge is -2.10. The molecule has 1 N–H and O–H groups in total. The molecule has 90 valence electrons. The van der Waals surface area contributed by atoms with Gasteiger partial charge in [0.15, 0.2) is 0 Å². The standard InChI is InChI=1S/C12H9BrCl2OS/c13-12-4-3-11(17-12)10(16)6-7-5-8(14)1-2-9(7)15/h1-5,10,16H,6H2. The molecule has 2 aromatic rings. The van der Waals surface area contributed by atoms with E-state index in [1.165, 1.54) is 11.3 Å². The van der Waals surface area contributed by atoms with Gasteiger partial charge in [-0.25, -0.2) is 0 Å². The number of aliphatic hydroxyl groups is 1. The summed E-state index contributed by atoms with van der Waals surface area (Å²) >= 11 is 16.9. The first-order chi connectivity index (χ1) is 8.06. The summed E-state index contributed by atoms with van der Waals surface area (Å²) in [5, 5.41) is 11.3. The Morgan fingerprint density at radius 3 is 2.65 bits per heavy atom. The van der Waals surface area contributed by atoms with E-state index < -0.39 is 6.10 Å². The van der Waals surface area contributed by atoms with Gasteiger partial charge < -0.3 is 5.11 Å². The van der Waals surface area contributed by atoms with Gasteiger partial charge in [0.1, 0.15) is 0 Å². The van der Waals surface area contributed by atoms with E-state index in [9.17, 15) is 5.11 Å². The third-order valence-electron chi connectivity index (χ3n) is 2.34. The number of benzene rings is 1. The van der Waals surface area contributed by atoms with E-state index in [2.05, 4.69) is 15.9 Å². The summed E-state index contributed by atoms with van der Waals surface area (Å²) in [5.41, 5.74) is 0.858. The van der Waals surface area contributed by atoms with Crippen LogP contribution in [-0.2, 0) is 6.42 Å². The molecule has 0 aliphatic carbocycles. The summed E-state index contributed by atoms with van der Waals surface area (Å²) in [6, 6.07) is 9.09. The van der Waals surface area contributed by atoms with Crippen molar-refractivity contribution in [1.29, 1.82) is 0 Å². The topological polar surface area (TPSA) is 20.2 Å². The van der Waals surface area contributed by atoms with Crippen molar-refractivity contribution in [3.63, 3.8) is 0 Å². The van der Waals surface area contributed by atoms with E-state index >= 15 is 0 Å². The zero-order chi connectivity index (χ0) is 12.4. The fraction of sp³-hybridized carbons (Fsp3) is 0.167. The molecular formula is C12H9BrCl2OS. The second kappa shape index (κ2) is 5.72. The van der Waals surface area contributed by atoms with Gasteiger partial charge in [-0.15, -0.1) is 11.3 Å². The van der Waals surface area contributed by atoms with Crippen LogP contribution in [0.5, 0.6) is 0 Å². The van der Waals surface area contributed by atoms with E-state index in [0.717, 1.165) is 14.2 Å². The fourth-order valence-electron chi connectivity index (χ4n) is 1.52. The maximum Gasteiger partial charge on any atom is 0.0923 e. The molecule has 1 aromatic heterocycles. The highest BCUT2D eigenvalue weighted by Gasteiger charge is 2.13. The Hall–Kier alpha value is -0.0600.